The Morgan fingerprint density at radius 2 is 1.88 bits per heavy atom. The Kier molecular flexibility index (Phi) is 5.76. The predicted octanol–water partition coefficient (Wildman–Crippen LogP) is 1.98. The number of hydrogen-bond donors (Lipinski definition) is 1. The van der Waals surface area contributed by atoms with Crippen LogP contribution in [-0.4, -0.2) is 32.5 Å². The Hall–Kier alpha value is -0.0900. The molecule has 0 aromatic rings. The first-order valence-electron chi connectivity index (χ1n) is 6.49. The zero-order valence-electron chi connectivity index (χ0n) is 10.5. The molecule has 0 bridgehead atoms. The van der Waals surface area contributed by atoms with E-state index in [9.17, 15) is 8.42 Å². The van der Waals surface area contributed by atoms with E-state index in [-0.39, 0.29) is 0 Å². The first kappa shape index (κ1) is 14.0. The van der Waals surface area contributed by atoms with Gasteiger partial charge < -0.3 is 5.32 Å². The van der Waals surface area contributed by atoms with Crippen LogP contribution in [0.3, 0.4) is 0 Å². The monoisotopic (exact) mass is 247 g/mol. The van der Waals surface area contributed by atoms with Gasteiger partial charge in [0.15, 0.2) is 9.84 Å². The maximum absolute atomic E-state index is 11.5. The molecule has 2 atom stereocenters. The van der Waals surface area contributed by atoms with Gasteiger partial charge in [0.1, 0.15) is 0 Å². The van der Waals surface area contributed by atoms with Gasteiger partial charge in [0, 0.05) is 18.3 Å². The average molecular weight is 247 g/mol. The highest BCUT2D eigenvalue weighted by Crippen LogP contribution is 2.23. The second kappa shape index (κ2) is 6.60. The minimum atomic E-state index is -2.81. The third-order valence-electron chi connectivity index (χ3n) is 3.45. The Morgan fingerprint density at radius 1 is 1.19 bits per heavy atom. The van der Waals surface area contributed by atoms with Crippen LogP contribution in [0.1, 0.15) is 46.0 Å². The van der Waals surface area contributed by atoms with E-state index in [1.165, 1.54) is 25.7 Å². The summed E-state index contributed by atoms with van der Waals surface area (Å²) in [5.41, 5.74) is 0. The van der Waals surface area contributed by atoms with Gasteiger partial charge in [0.2, 0.25) is 0 Å². The van der Waals surface area contributed by atoms with E-state index in [4.69, 9.17) is 0 Å². The fourth-order valence-corrected chi connectivity index (χ4v) is 3.69. The van der Waals surface area contributed by atoms with E-state index in [1.807, 2.05) is 6.92 Å². The molecule has 1 N–H and O–H groups in total. The van der Waals surface area contributed by atoms with Gasteiger partial charge in [-0.1, -0.05) is 26.7 Å². The molecule has 0 aliphatic heterocycles. The van der Waals surface area contributed by atoms with Gasteiger partial charge in [-0.25, -0.2) is 8.42 Å². The lowest BCUT2D eigenvalue weighted by atomic mass is 9.86. The average Bonchev–Trinajstić information content (AvgIpc) is 2.20. The van der Waals surface area contributed by atoms with Gasteiger partial charge in [-0.05, 0) is 25.2 Å². The molecule has 1 aliphatic carbocycles. The zero-order valence-corrected chi connectivity index (χ0v) is 11.4. The van der Waals surface area contributed by atoms with Crippen molar-refractivity contribution in [3.8, 4) is 0 Å². The summed E-state index contributed by atoms with van der Waals surface area (Å²) in [5.74, 6) is 1.32. The van der Waals surface area contributed by atoms with Crippen LogP contribution in [-0.2, 0) is 9.84 Å². The second-order valence-corrected chi connectivity index (χ2v) is 7.28. The van der Waals surface area contributed by atoms with E-state index < -0.39 is 9.84 Å². The molecule has 0 unspecified atom stereocenters. The molecule has 96 valence electrons. The zero-order chi connectivity index (χ0) is 12.0. The Morgan fingerprint density at radius 3 is 2.50 bits per heavy atom. The van der Waals surface area contributed by atoms with Crippen LogP contribution in [0.15, 0.2) is 0 Å². The molecule has 3 nitrogen and oxygen atoms in total. The van der Waals surface area contributed by atoms with Crippen LogP contribution in [0.5, 0.6) is 0 Å². The lowest BCUT2D eigenvalue weighted by Crippen LogP contribution is -2.39. The highest BCUT2D eigenvalue weighted by Gasteiger charge is 2.21. The van der Waals surface area contributed by atoms with Crippen molar-refractivity contribution in [2.24, 2.45) is 5.92 Å². The van der Waals surface area contributed by atoms with E-state index in [1.54, 1.807) is 0 Å². The summed E-state index contributed by atoms with van der Waals surface area (Å²) in [6.45, 7) is 4.79. The van der Waals surface area contributed by atoms with Crippen LogP contribution in [0.25, 0.3) is 0 Å². The molecule has 0 spiro atoms. The van der Waals surface area contributed by atoms with Crippen molar-refractivity contribution in [2.45, 2.75) is 52.0 Å². The number of rotatable bonds is 6. The van der Waals surface area contributed by atoms with Gasteiger partial charge in [-0.2, -0.15) is 0 Å². The molecule has 0 radical (unpaired) electrons. The molecule has 0 saturated heterocycles. The summed E-state index contributed by atoms with van der Waals surface area (Å²) in [7, 11) is -2.81. The SMILES string of the molecule is CCCS(=O)(=O)CCN[C@@H]1CCCC[C@@H]1C. The Balaban J connectivity index is 2.24. The molecule has 0 aromatic carbocycles. The van der Waals surface area contributed by atoms with Crippen LogP contribution in [0.2, 0.25) is 0 Å². The third-order valence-corrected chi connectivity index (χ3v) is 5.30. The second-order valence-electron chi connectivity index (χ2n) is 4.97. The summed E-state index contributed by atoms with van der Waals surface area (Å²) >= 11 is 0. The minimum absolute atomic E-state index is 0.296. The van der Waals surface area contributed by atoms with E-state index in [0.29, 0.717) is 30.0 Å². The van der Waals surface area contributed by atoms with Gasteiger partial charge in [-0.15, -0.1) is 0 Å². The summed E-state index contributed by atoms with van der Waals surface area (Å²) in [6.07, 6.45) is 5.81. The predicted molar refractivity (Wildman–Crippen MR) is 68.4 cm³/mol. The molecule has 1 saturated carbocycles. The van der Waals surface area contributed by atoms with Crippen LogP contribution >= 0.6 is 0 Å². The van der Waals surface area contributed by atoms with Crippen molar-refractivity contribution >= 4 is 9.84 Å². The molecule has 0 amide bonds. The topological polar surface area (TPSA) is 46.2 Å². The van der Waals surface area contributed by atoms with Gasteiger partial charge in [0.25, 0.3) is 0 Å². The van der Waals surface area contributed by atoms with Crippen molar-refractivity contribution in [1.82, 2.24) is 5.32 Å². The summed E-state index contributed by atoms with van der Waals surface area (Å²) < 4.78 is 23.0. The molecular formula is C12H25NO2S. The maximum Gasteiger partial charge on any atom is 0.151 e. The fraction of sp³-hybridized carbons (Fsp3) is 1.00. The highest BCUT2D eigenvalue weighted by molar-refractivity contribution is 7.91. The minimum Gasteiger partial charge on any atom is -0.313 e. The van der Waals surface area contributed by atoms with E-state index in [2.05, 4.69) is 12.2 Å². The largest absolute Gasteiger partial charge is 0.313 e. The van der Waals surface area contributed by atoms with Gasteiger partial charge in [-0.3, -0.25) is 0 Å². The number of sulfone groups is 1. The first-order valence-corrected chi connectivity index (χ1v) is 8.31. The molecule has 1 rings (SSSR count). The van der Waals surface area contributed by atoms with E-state index in [0.717, 1.165) is 6.42 Å². The molecule has 1 fully saturated rings. The van der Waals surface area contributed by atoms with Crippen molar-refractivity contribution in [3.63, 3.8) is 0 Å². The highest BCUT2D eigenvalue weighted by atomic mass is 32.2. The van der Waals surface area contributed by atoms with Crippen molar-refractivity contribution in [1.29, 1.82) is 0 Å². The van der Waals surface area contributed by atoms with Crippen molar-refractivity contribution in [3.05, 3.63) is 0 Å². The smallest absolute Gasteiger partial charge is 0.151 e. The number of nitrogens with one attached hydrogen (secondary N) is 1. The number of hydrogen-bond acceptors (Lipinski definition) is 3. The molecule has 1 aliphatic rings. The standard InChI is InChI=1S/C12H25NO2S/c1-3-9-16(14,15)10-8-13-12-7-5-4-6-11(12)2/h11-13H,3-10H2,1-2H3/t11-,12+/m0/s1. The van der Waals surface area contributed by atoms with Crippen molar-refractivity contribution < 1.29 is 8.42 Å². The molecule has 0 aromatic heterocycles. The first-order chi connectivity index (χ1) is 7.55. The quantitative estimate of drug-likeness (QED) is 0.780. The third kappa shape index (κ3) is 4.83. The normalized spacial score (nSPS) is 26.9. The summed E-state index contributed by atoms with van der Waals surface area (Å²) in [4.78, 5) is 0. The lowest BCUT2D eigenvalue weighted by molar-refractivity contribution is 0.285. The van der Waals surface area contributed by atoms with Crippen LogP contribution < -0.4 is 5.32 Å². The summed E-state index contributed by atoms with van der Waals surface area (Å²) in [6, 6.07) is 0.533. The van der Waals surface area contributed by atoms with Gasteiger partial charge in [0.05, 0.1) is 5.75 Å². The fourth-order valence-electron chi connectivity index (χ4n) is 2.43. The Bertz CT molecular complexity index is 287. The molecule has 16 heavy (non-hydrogen) atoms. The molecular weight excluding hydrogens is 222 g/mol. The van der Waals surface area contributed by atoms with Gasteiger partial charge >= 0.3 is 0 Å². The lowest BCUT2D eigenvalue weighted by Gasteiger charge is -2.29. The van der Waals surface area contributed by atoms with Crippen molar-refractivity contribution in [2.75, 3.05) is 18.1 Å². The van der Waals surface area contributed by atoms with E-state index >= 15 is 0 Å². The molecule has 4 heteroatoms. The Labute approximate surface area is 99.9 Å². The maximum atomic E-state index is 11.5. The van der Waals surface area contributed by atoms with Crippen LogP contribution in [0.4, 0.5) is 0 Å². The van der Waals surface area contributed by atoms with Crippen LogP contribution in [0, 0.1) is 5.92 Å². The molecule has 0 heterocycles. The summed E-state index contributed by atoms with van der Waals surface area (Å²) in [5, 5.41) is 3.41.